The first-order valence-electron chi connectivity index (χ1n) is 4.19. The fraction of sp³-hybridized carbons (Fsp3) is 0.300. The molecule has 2 N–H and O–H groups in total. The summed E-state index contributed by atoms with van der Waals surface area (Å²) in [5.41, 5.74) is 7.43. The second-order valence-electron chi connectivity index (χ2n) is 3.17. The number of nitrogens with two attached hydrogens (primary N) is 1. The van der Waals surface area contributed by atoms with Crippen LogP contribution in [0.25, 0.3) is 0 Å². The number of rotatable bonds is 3. The van der Waals surface area contributed by atoms with Crippen molar-refractivity contribution >= 4 is 37.8 Å². The minimum atomic E-state index is -0.335. The molecule has 1 aromatic carbocycles. The van der Waals surface area contributed by atoms with Crippen molar-refractivity contribution in [1.29, 1.82) is 0 Å². The number of hydrogen-bond acceptors (Lipinski definition) is 1. The van der Waals surface area contributed by atoms with E-state index >= 15 is 0 Å². The molecule has 1 aromatic rings. The largest absolute Gasteiger partial charge is 0.369 e. The van der Waals surface area contributed by atoms with E-state index in [1.165, 1.54) is 5.56 Å². The van der Waals surface area contributed by atoms with E-state index in [0.717, 1.165) is 10.0 Å². The smallest absolute Gasteiger partial charge is 0.231 e. The maximum Gasteiger partial charge on any atom is 0.231 e. The van der Waals surface area contributed by atoms with Crippen LogP contribution in [-0.2, 0) is 11.2 Å². The lowest BCUT2D eigenvalue weighted by Gasteiger charge is -2.08. The number of halogens is 2. The lowest BCUT2D eigenvalue weighted by Crippen LogP contribution is -2.25. The van der Waals surface area contributed by atoms with E-state index in [0.29, 0.717) is 6.42 Å². The molecule has 0 fully saturated rings. The Morgan fingerprint density at radius 1 is 1.57 bits per heavy atom. The van der Waals surface area contributed by atoms with E-state index in [2.05, 4.69) is 31.9 Å². The van der Waals surface area contributed by atoms with Gasteiger partial charge in [0.05, 0.1) is 4.83 Å². The summed E-state index contributed by atoms with van der Waals surface area (Å²) in [6.45, 7) is 2.02. The number of hydrogen-bond donors (Lipinski definition) is 1. The monoisotopic (exact) mass is 319 g/mol. The maximum atomic E-state index is 10.9. The van der Waals surface area contributed by atoms with Crippen LogP contribution in [0.2, 0.25) is 0 Å². The lowest BCUT2D eigenvalue weighted by atomic mass is 10.1. The molecule has 0 aliphatic heterocycles. The minimum absolute atomic E-state index is 0.305. The number of amides is 1. The van der Waals surface area contributed by atoms with Crippen molar-refractivity contribution in [2.75, 3.05) is 0 Å². The number of aryl methyl sites for hydroxylation is 1. The second-order valence-corrected chi connectivity index (χ2v) is 5.13. The molecule has 4 heteroatoms. The first kappa shape index (κ1) is 11.7. The molecule has 76 valence electrons. The molecule has 0 aliphatic rings. The summed E-state index contributed by atoms with van der Waals surface area (Å²) in [4.78, 5) is 10.6. The average molecular weight is 321 g/mol. The first-order valence-corrected chi connectivity index (χ1v) is 5.90. The van der Waals surface area contributed by atoms with Crippen LogP contribution in [0.15, 0.2) is 22.7 Å². The van der Waals surface area contributed by atoms with Gasteiger partial charge in [-0.15, -0.1) is 0 Å². The normalized spacial score (nSPS) is 12.5. The molecule has 0 heterocycles. The Hall–Kier alpha value is -0.350. The third-order valence-corrected chi connectivity index (χ3v) is 3.46. The Kier molecular flexibility index (Phi) is 4.13. The maximum absolute atomic E-state index is 10.9. The van der Waals surface area contributed by atoms with Gasteiger partial charge >= 0.3 is 0 Å². The number of primary amides is 1. The van der Waals surface area contributed by atoms with E-state index in [1.807, 2.05) is 25.1 Å². The minimum Gasteiger partial charge on any atom is -0.369 e. The standard InChI is InChI=1S/C10H11Br2NO/c1-6-2-3-8(11)7(4-6)5-9(12)10(13)14/h2-4,9H,5H2,1H3,(H2,13,14). The summed E-state index contributed by atoms with van der Waals surface area (Å²) < 4.78 is 1.01. The van der Waals surface area contributed by atoms with Gasteiger partial charge in [-0.2, -0.15) is 0 Å². The van der Waals surface area contributed by atoms with Crippen LogP contribution in [0.5, 0.6) is 0 Å². The van der Waals surface area contributed by atoms with E-state index in [9.17, 15) is 4.79 Å². The number of benzene rings is 1. The van der Waals surface area contributed by atoms with Gasteiger partial charge in [0.15, 0.2) is 0 Å². The van der Waals surface area contributed by atoms with Crippen LogP contribution in [0.4, 0.5) is 0 Å². The van der Waals surface area contributed by atoms with Crippen molar-refractivity contribution in [3.05, 3.63) is 33.8 Å². The van der Waals surface area contributed by atoms with E-state index in [4.69, 9.17) is 5.73 Å². The zero-order valence-electron chi connectivity index (χ0n) is 7.76. The molecule has 14 heavy (non-hydrogen) atoms. The number of alkyl halides is 1. The molecule has 0 saturated heterocycles. The zero-order chi connectivity index (χ0) is 10.7. The Bertz CT molecular complexity index is 352. The molecule has 1 unspecified atom stereocenters. The van der Waals surface area contributed by atoms with Gasteiger partial charge < -0.3 is 5.73 Å². The molecular weight excluding hydrogens is 310 g/mol. The molecule has 0 bridgehead atoms. The van der Waals surface area contributed by atoms with Crippen LogP contribution in [0.1, 0.15) is 11.1 Å². The van der Waals surface area contributed by atoms with Crippen LogP contribution in [0.3, 0.4) is 0 Å². The van der Waals surface area contributed by atoms with Crippen molar-refractivity contribution < 1.29 is 4.79 Å². The highest BCUT2D eigenvalue weighted by Gasteiger charge is 2.13. The topological polar surface area (TPSA) is 43.1 Å². The average Bonchev–Trinajstić information content (AvgIpc) is 2.11. The predicted molar refractivity (Wildman–Crippen MR) is 64.5 cm³/mol. The van der Waals surface area contributed by atoms with Gasteiger partial charge in [0, 0.05) is 4.47 Å². The molecule has 0 radical (unpaired) electrons. The predicted octanol–water partition coefficient (Wildman–Crippen LogP) is 2.55. The summed E-state index contributed by atoms with van der Waals surface area (Å²) >= 11 is 6.68. The first-order chi connectivity index (χ1) is 6.50. The van der Waals surface area contributed by atoms with Gasteiger partial charge in [0.25, 0.3) is 0 Å². The van der Waals surface area contributed by atoms with Gasteiger partial charge in [-0.05, 0) is 25.0 Å². The molecule has 1 atom stereocenters. The molecule has 2 nitrogen and oxygen atoms in total. The van der Waals surface area contributed by atoms with Gasteiger partial charge in [0.2, 0.25) is 5.91 Å². The van der Waals surface area contributed by atoms with E-state index in [1.54, 1.807) is 0 Å². The summed E-state index contributed by atoms with van der Waals surface area (Å²) in [7, 11) is 0. The van der Waals surface area contributed by atoms with Crippen LogP contribution >= 0.6 is 31.9 Å². The highest BCUT2D eigenvalue weighted by atomic mass is 79.9. The Morgan fingerprint density at radius 3 is 2.79 bits per heavy atom. The molecule has 0 aliphatic carbocycles. The second kappa shape index (κ2) is 4.94. The SMILES string of the molecule is Cc1ccc(Br)c(CC(Br)C(N)=O)c1. The van der Waals surface area contributed by atoms with Crippen molar-refractivity contribution in [1.82, 2.24) is 0 Å². The molecule has 1 amide bonds. The lowest BCUT2D eigenvalue weighted by molar-refractivity contribution is -0.117. The summed E-state index contributed by atoms with van der Waals surface area (Å²) in [6.07, 6.45) is 0.609. The zero-order valence-corrected chi connectivity index (χ0v) is 10.9. The fourth-order valence-corrected chi connectivity index (χ4v) is 1.91. The van der Waals surface area contributed by atoms with Crippen LogP contribution in [0, 0.1) is 6.92 Å². The summed E-state index contributed by atoms with van der Waals surface area (Å²) in [5, 5.41) is 0. The van der Waals surface area contributed by atoms with Crippen LogP contribution < -0.4 is 5.73 Å². The quantitative estimate of drug-likeness (QED) is 0.855. The summed E-state index contributed by atoms with van der Waals surface area (Å²) in [6, 6.07) is 6.04. The molecule has 0 aromatic heterocycles. The summed E-state index contributed by atoms with van der Waals surface area (Å²) in [5.74, 6) is -0.335. The molecule has 1 rings (SSSR count). The van der Waals surface area contributed by atoms with Gasteiger partial charge in [-0.25, -0.2) is 0 Å². The Balaban J connectivity index is 2.85. The van der Waals surface area contributed by atoms with Crippen molar-refractivity contribution in [2.45, 2.75) is 18.2 Å². The van der Waals surface area contributed by atoms with Crippen molar-refractivity contribution in [3.8, 4) is 0 Å². The molecule has 0 spiro atoms. The van der Waals surface area contributed by atoms with E-state index in [-0.39, 0.29) is 10.7 Å². The Labute approximate surface area is 100 Å². The number of carbonyl (C=O) groups excluding carboxylic acids is 1. The highest BCUT2D eigenvalue weighted by molar-refractivity contribution is 9.10. The molecular formula is C10H11Br2NO. The fourth-order valence-electron chi connectivity index (χ4n) is 1.15. The highest BCUT2D eigenvalue weighted by Crippen LogP contribution is 2.21. The number of carbonyl (C=O) groups is 1. The molecule has 0 saturated carbocycles. The Morgan fingerprint density at radius 2 is 2.21 bits per heavy atom. The van der Waals surface area contributed by atoms with Crippen molar-refractivity contribution in [2.24, 2.45) is 5.73 Å². The van der Waals surface area contributed by atoms with E-state index < -0.39 is 0 Å². The third-order valence-electron chi connectivity index (χ3n) is 1.91. The van der Waals surface area contributed by atoms with Crippen molar-refractivity contribution in [3.63, 3.8) is 0 Å². The van der Waals surface area contributed by atoms with Gasteiger partial charge in [-0.1, -0.05) is 49.6 Å². The van der Waals surface area contributed by atoms with Gasteiger partial charge in [-0.3, -0.25) is 4.79 Å². The third kappa shape index (κ3) is 3.10. The van der Waals surface area contributed by atoms with Crippen LogP contribution in [-0.4, -0.2) is 10.7 Å². The van der Waals surface area contributed by atoms with Gasteiger partial charge in [0.1, 0.15) is 0 Å².